The molecule has 0 unspecified atom stereocenters. The molecule has 2 rings (SSSR count). The van der Waals surface area contributed by atoms with Gasteiger partial charge in [-0.2, -0.15) is 0 Å². The first kappa shape index (κ1) is 15.2. The van der Waals surface area contributed by atoms with Gasteiger partial charge < -0.3 is 0 Å². The van der Waals surface area contributed by atoms with E-state index in [1.807, 2.05) is 6.92 Å². The zero-order valence-electron chi connectivity index (χ0n) is 11.7. The first-order valence-electron chi connectivity index (χ1n) is 6.43. The Morgan fingerprint density at radius 3 is 2.76 bits per heavy atom. The average Bonchev–Trinajstić information content (AvgIpc) is 2.42. The average molecular weight is 308 g/mol. The van der Waals surface area contributed by atoms with E-state index in [0.29, 0.717) is 23.4 Å². The lowest BCUT2D eigenvalue weighted by Crippen LogP contribution is -2.25. The zero-order chi connectivity index (χ0) is 15.6. The molecule has 21 heavy (non-hydrogen) atoms. The summed E-state index contributed by atoms with van der Waals surface area (Å²) in [5.41, 5.74) is 1.04. The van der Waals surface area contributed by atoms with E-state index < -0.39 is 4.92 Å². The van der Waals surface area contributed by atoms with Crippen molar-refractivity contribution in [1.82, 2.24) is 9.55 Å². The fourth-order valence-electron chi connectivity index (χ4n) is 2.17. The number of nitro benzene ring substituents is 1. The van der Waals surface area contributed by atoms with Crippen LogP contribution in [-0.4, -0.2) is 14.5 Å². The van der Waals surface area contributed by atoms with Crippen molar-refractivity contribution in [1.29, 1.82) is 0 Å². The van der Waals surface area contributed by atoms with Crippen LogP contribution >= 0.6 is 11.6 Å². The second kappa shape index (κ2) is 6.05. The van der Waals surface area contributed by atoms with Crippen LogP contribution in [0.3, 0.4) is 0 Å². The number of rotatable bonds is 4. The molecular formula is C14H14ClN3O3. The molecular weight excluding hydrogens is 294 g/mol. The molecule has 0 aliphatic heterocycles. The molecule has 1 heterocycles. The number of hydrogen-bond acceptors (Lipinski definition) is 4. The molecule has 0 fully saturated rings. The van der Waals surface area contributed by atoms with E-state index in [-0.39, 0.29) is 22.9 Å². The minimum atomic E-state index is -0.428. The van der Waals surface area contributed by atoms with E-state index in [1.54, 1.807) is 19.1 Å². The summed E-state index contributed by atoms with van der Waals surface area (Å²) in [6, 6.07) is 6.07. The highest BCUT2D eigenvalue weighted by atomic mass is 35.5. The Hall–Kier alpha value is -2.21. The van der Waals surface area contributed by atoms with Gasteiger partial charge in [0.1, 0.15) is 11.0 Å². The molecule has 7 heteroatoms. The first-order chi connectivity index (χ1) is 9.93. The molecule has 2 aromatic rings. The van der Waals surface area contributed by atoms with Crippen LogP contribution in [0.1, 0.15) is 23.9 Å². The van der Waals surface area contributed by atoms with Crippen molar-refractivity contribution in [2.45, 2.75) is 26.8 Å². The van der Waals surface area contributed by atoms with Crippen molar-refractivity contribution in [3.8, 4) is 0 Å². The van der Waals surface area contributed by atoms with Gasteiger partial charge in [-0.25, -0.2) is 4.98 Å². The highest BCUT2D eigenvalue weighted by Gasteiger charge is 2.15. The molecule has 1 aromatic heterocycles. The molecule has 110 valence electrons. The van der Waals surface area contributed by atoms with Crippen LogP contribution in [0.5, 0.6) is 0 Å². The maximum absolute atomic E-state index is 12.1. The molecule has 0 aliphatic carbocycles. The van der Waals surface area contributed by atoms with Crippen molar-refractivity contribution in [2.75, 3.05) is 0 Å². The molecule has 0 radical (unpaired) electrons. The van der Waals surface area contributed by atoms with Crippen LogP contribution in [-0.2, 0) is 13.0 Å². The van der Waals surface area contributed by atoms with Gasteiger partial charge in [-0.1, -0.05) is 30.7 Å². The Labute approximate surface area is 126 Å². The first-order valence-corrected chi connectivity index (χ1v) is 6.81. The quantitative estimate of drug-likeness (QED) is 0.494. The van der Waals surface area contributed by atoms with Crippen molar-refractivity contribution in [2.24, 2.45) is 0 Å². The highest BCUT2D eigenvalue weighted by Crippen LogP contribution is 2.21. The predicted molar refractivity (Wildman–Crippen MR) is 79.8 cm³/mol. The van der Waals surface area contributed by atoms with Gasteiger partial charge in [-0.3, -0.25) is 19.5 Å². The lowest BCUT2D eigenvalue weighted by atomic mass is 10.1. The third-order valence-electron chi connectivity index (χ3n) is 3.31. The standard InChI is InChI=1S/C14H14ClN3O3/c1-3-13-16-12(15)7-14(19)17(13)8-10-5-4-6-11(9(10)2)18(20)21/h4-7H,3,8H2,1-2H3. The van der Waals surface area contributed by atoms with E-state index in [4.69, 9.17) is 11.6 Å². The number of halogens is 1. The SMILES string of the molecule is CCc1nc(Cl)cc(=O)n1Cc1cccc([N+](=O)[O-])c1C. The minimum absolute atomic E-state index is 0.0421. The molecule has 0 atom stereocenters. The fourth-order valence-corrected chi connectivity index (χ4v) is 2.36. The van der Waals surface area contributed by atoms with Gasteiger partial charge in [-0.15, -0.1) is 0 Å². The Bertz CT molecular complexity index is 756. The molecule has 0 spiro atoms. The van der Waals surface area contributed by atoms with Crippen LogP contribution < -0.4 is 5.56 Å². The maximum atomic E-state index is 12.1. The van der Waals surface area contributed by atoms with Crippen LogP contribution in [0.2, 0.25) is 5.15 Å². The van der Waals surface area contributed by atoms with Crippen LogP contribution in [0.15, 0.2) is 29.1 Å². The summed E-state index contributed by atoms with van der Waals surface area (Å²) in [7, 11) is 0. The predicted octanol–water partition coefficient (Wildman–Crippen LogP) is 2.72. The van der Waals surface area contributed by atoms with E-state index in [0.717, 1.165) is 0 Å². The second-order valence-electron chi connectivity index (χ2n) is 4.59. The summed E-state index contributed by atoms with van der Waals surface area (Å²) in [6.07, 6.45) is 0.545. The van der Waals surface area contributed by atoms with Crippen LogP contribution in [0.4, 0.5) is 5.69 Å². The second-order valence-corrected chi connectivity index (χ2v) is 4.98. The number of aryl methyl sites for hydroxylation is 1. The Morgan fingerprint density at radius 1 is 1.43 bits per heavy atom. The summed E-state index contributed by atoms with van der Waals surface area (Å²) in [6.45, 7) is 3.78. The summed E-state index contributed by atoms with van der Waals surface area (Å²) >= 11 is 5.79. The summed E-state index contributed by atoms with van der Waals surface area (Å²) in [5, 5.41) is 11.1. The Morgan fingerprint density at radius 2 is 2.14 bits per heavy atom. The van der Waals surface area contributed by atoms with E-state index in [2.05, 4.69) is 4.98 Å². The largest absolute Gasteiger partial charge is 0.292 e. The van der Waals surface area contributed by atoms with Gasteiger partial charge in [0.05, 0.1) is 11.5 Å². The summed E-state index contributed by atoms with van der Waals surface area (Å²) in [4.78, 5) is 26.7. The van der Waals surface area contributed by atoms with Crippen molar-refractivity contribution >= 4 is 17.3 Å². The van der Waals surface area contributed by atoms with Crippen molar-refractivity contribution in [3.05, 3.63) is 66.8 Å². The summed E-state index contributed by atoms with van der Waals surface area (Å²) < 4.78 is 1.48. The third kappa shape index (κ3) is 3.11. The number of nitrogens with zero attached hydrogens (tertiary/aromatic N) is 3. The smallest absolute Gasteiger partial charge is 0.272 e. The summed E-state index contributed by atoms with van der Waals surface area (Å²) in [5.74, 6) is 0.554. The normalized spacial score (nSPS) is 10.6. The maximum Gasteiger partial charge on any atom is 0.272 e. The number of hydrogen-bond donors (Lipinski definition) is 0. The topological polar surface area (TPSA) is 78.0 Å². The molecule has 6 nitrogen and oxygen atoms in total. The lowest BCUT2D eigenvalue weighted by Gasteiger charge is -2.12. The molecule has 0 bridgehead atoms. The van der Waals surface area contributed by atoms with Gasteiger partial charge in [0, 0.05) is 24.1 Å². The Balaban J connectivity index is 2.51. The van der Waals surface area contributed by atoms with Gasteiger partial charge >= 0.3 is 0 Å². The monoisotopic (exact) mass is 307 g/mol. The molecule has 1 aromatic carbocycles. The molecule has 0 saturated heterocycles. The van der Waals surface area contributed by atoms with E-state index in [9.17, 15) is 14.9 Å². The molecule has 0 amide bonds. The third-order valence-corrected chi connectivity index (χ3v) is 3.51. The van der Waals surface area contributed by atoms with Gasteiger partial charge in [-0.05, 0) is 12.5 Å². The number of aromatic nitrogens is 2. The van der Waals surface area contributed by atoms with Crippen LogP contribution in [0, 0.1) is 17.0 Å². The van der Waals surface area contributed by atoms with Gasteiger partial charge in [0.15, 0.2) is 0 Å². The van der Waals surface area contributed by atoms with Gasteiger partial charge in [0.2, 0.25) is 0 Å². The number of nitro groups is 1. The zero-order valence-corrected chi connectivity index (χ0v) is 12.4. The fraction of sp³-hybridized carbons (Fsp3) is 0.286. The van der Waals surface area contributed by atoms with Crippen molar-refractivity contribution < 1.29 is 4.92 Å². The Kier molecular flexibility index (Phi) is 4.37. The van der Waals surface area contributed by atoms with E-state index >= 15 is 0 Å². The highest BCUT2D eigenvalue weighted by molar-refractivity contribution is 6.29. The van der Waals surface area contributed by atoms with Crippen LogP contribution in [0.25, 0.3) is 0 Å². The lowest BCUT2D eigenvalue weighted by molar-refractivity contribution is -0.385. The molecule has 0 aliphatic rings. The van der Waals surface area contributed by atoms with Gasteiger partial charge in [0.25, 0.3) is 11.2 Å². The van der Waals surface area contributed by atoms with E-state index in [1.165, 1.54) is 16.7 Å². The minimum Gasteiger partial charge on any atom is -0.292 e. The molecule has 0 saturated carbocycles. The molecule has 0 N–H and O–H groups in total. The van der Waals surface area contributed by atoms with Crippen molar-refractivity contribution in [3.63, 3.8) is 0 Å². The number of benzene rings is 1.